The molecule has 0 aliphatic carbocycles. The topological polar surface area (TPSA) is 95.0 Å². The summed E-state index contributed by atoms with van der Waals surface area (Å²) in [5, 5.41) is 13.0. The van der Waals surface area contributed by atoms with Crippen LogP contribution in [-0.4, -0.2) is 72.8 Å². The van der Waals surface area contributed by atoms with Crippen molar-refractivity contribution in [3.63, 3.8) is 0 Å². The largest absolute Gasteiger partial charge is 0.481 e. The second-order valence-corrected chi connectivity index (χ2v) is 10.2. The summed E-state index contributed by atoms with van der Waals surface area (Å²) < 4.78 is 5.45. The van der Waals surface area contributed by atoms with Crippen LogP contribution in [0.4, 0.5) is 11.5 Å². The molecule has 3 aliphatic rings. The highest BCUT2D eigenvalue weighted by Gasteiger charge is 2.33. The van der Waals surface area contributed by atoms with E-state index in [2.05, 4.69) is 22.3 Å². The normalized spacial score (nSPS) is 20.5. The van der Waals surface area contributed by atoms with E-state index < -0.39 is 11.9 Å². The van der Waals surface area contributed by atoms with Crippen molar-refractivity contribution in [3.8, 4) is 0 Å². The number of pyridine rings is 1. The van der Waals surface area contributed by atoms with Gasteiger partial charge in [-0.25, -0.2) is 4.98 Å². The molecule has 1 aromatic carbocycles. The molecule has 5 rings (SSSR count). The first-order valence-electron chi connectivity index (χ1n) is 13.2. The molecule has 1 amide bonds. The number of nitrogens with zero attached hydrogens (tertiary/aromatic N) is 3. The van der Waals surface area contributed by atoms with Crippen molar-refractivity contribution in [3.05, 3.63) is 53.2 Å². The van der Waals surface area contributed by atoms with Crippen LogP contribution in [0.3, 0.4) is 0 Å². The summed E-state index contributed by atoms with van der Waals surface area (Å²) in [6.45, 7) is 5.29. The van der Waals surface area contributed by atoms with Crippen LogP contribution in [-0.2, 0) is 27.2 Å². The van der Waals surface area contributed by atoms with Gasteiger partial charge in [0, 0.05) is 44.1 Å². The molecule has 2 N–H and O–H groups in total. The summed E-state index contributed by atoms with van der Waals surface area (Å²) in [4.78, 5) is 34.2. The number of hydrogen-bond donors (Lipinski definition) is 2. The second-order valence-electron chi connectivity index (χ2n) is 10.2. The number of amides is 1. The van der Waals surface area contributed by atoms with E-state index in [0.717, 1.165) is 74.5 Å². The van der Waals surface area contributed by atoms with Gasteiger partial charge in [-0.1, -0.05) is 18.2 Å². The van der Waals surface area contributed by atoms with Crippen molar-refractivity contribution in [2.45, 2.75) is 44.4 Å². The molecule has 2 saturated heterocycles. The van der Waals surface area contributed by atoms with E-state index in [1.54, 1.807) is 0 Å². The maximum atomic E-state index is 13.6. The van der Waals surface area contributed by atoms with Crippen LogP contribution in [0, 0.1) is 5.92 Å². The Kier molecular flexibility index (Phi) is 7.70. The highest BCUT2D eigenvalue weighted by Crippen LogP contribution is 2.30. The molecule has 4 heterocycles. The zero-order valence-electron chi connectivity index (χ0n) is 20.8. The van der Waals surface area contributed by atoms with Gasteiger partial charge in [0.1, 0.15) is 5.82 Å². The Morgan fingerprint density at radius 2 is 2.03 bits per heavy atom. The first kappa shape index (κ1) is 24.6. The van der Waals surface area contributed by atoms with Crippen LogP contribution in [0.25, 0.3) is 0 Å². The average Bonchev–Trinajstić information content (AvgIpc) is 3.40. The van der Waals surface area contributed by atoms with Gasteiger partial charge in [-0.3, -0.25) is 9.59 Å². The number of morpholine rings is 1. The van der Waals surface area contributed by atoms with Crippen molar-refractivity contribution in [2.24, 2.45) is 5.92 Å². The Morgan fingerprint density at radius 3 is 2.86 bits per heavy atom. The fourth-order valence-electron chi connectivity index (χ4n) is 5.63. The van der Waals surface area contributed by atoms with E-state index >= 15 is 0 Å². The molecule has 0 spiro atoms. The number of rotatable bonds is 8. The number of fused-ring (bicyclic) bond motifs is 1. The van der Waals surface area contributed by atoms with Crippen molar-refractivity contribution in [1.82, 2.24) is 9.88 Å². The van der Waals surface area contributed by atoms with Gasteiger partial charge in [0.15, 0.2) is 0 Å². The minimum atomic E-state index is -0.951. The number of carboxylic acids is 1. The molecular weight excluding hydrogens is 456 g/mol. The number of aryl methyl sites for hydroxylation is 2. The number of carbonyl (C=O) groups is 2. The molecule has 2 fully saturated rings. The van der Waals surface area contributed by atoms with Gasteiger partial charge >= 0.3 is 5.97 Å². The Hall–Kier alpha value is -3.13. The quantitative estimate of drug-likeness (QED) is 0.584. The third-order valence-electron chi connectivity index (χ3n) is 7.68. The first-order chi connectivity index (χ1) is 17.6. The standard InChI is InChI=1S/C28H36N4O4/c33-26(34)18-25(22-3-1-5-24(17-22)31-13-15-36-16-14-31)28(35)32-12-10-20(19-32)6-8-23-9-7-21-4-2-11-29-27(21)30-23/h1,3,5,7,9,17,20,25H,2,4,6,8,10-16,18-19H2,(H,29,30)(H,33,34)/t20-,25+/m1/s1. The number of carbonyl (C=O) groups excluding carboxylic acids is 1. The predicted molar refractivity (Wildman–Crippen MR) is 139 cm³/mol. The lowest BCUT2D eigenvalue weighted by Crippen LogP contribution is -2.36. The van der Waals surface area contributed by atoms with Crippen LogP contribution in [0.5, 0.6) is 0 Å². The third-order valence-corrected chi connectivity index (χ3v) is 7.68. The molecule has 8 heteroatoms. The van der Waals surface area contributed by atoms with Gasteiger partial charge < -0.3 is 25.0 Å². The Balaban J connectivity index is 1.22. The summed E-state index contributed by atoms with van der Waals surface area (Å²) in [5.41, 5.74) is 4.19. The van der Waals surface area contributed by atoms with E-state index in [-0.39, 0.29) is 12.3 Å². The Morgan fingerprint density at radius 1 is 1.17 bits per heavy atom. The van der Waals surface area contributed by atoms with Crippen molar-refractivity contribution in [2.75, 3.05) is 56.2 Å². The second kappa shape index (κ2) is 11.3. The fourth-order valence-corrected chi connectivity index (χ4v) is 5.63. The summed E-state index contributed by atoms with van der Waals surface area (Å²) in [7, 11) is 0. The number of hydrogen-bond acceptors (Lipinski definition) is 6. The van der Waals surface area contributed by atoms with Gasteiger partial charge in [0.05, 0.1) is 25.6 Å². The number of anilines is 2. The number of benzene rings is 1. The van der Waals surface area contributed by atoms with Crippen LogP contribution in [0.1, 0.15) is 48.4 Å². The van der Waals surface area contributed by atoms with Gasteiger partial charge in [0.2, 0.25) is 5.91 Å². The zero-order valence-corrected chi connectivity index (χ0v) is 20.8. The van der Waals surface area contributed by atoms with Gasteiger partial charge in [-0.2, -0.15) is 0 Å². The summed E-state index contributed by atoms with van der Waals surface area (Å²) in [6.07, 6.45) is 4.86. The predicted octanol–water partition coefficient (Wildman–Crippen LogP) is 3.32. The molecule has 2 atom stereocenters. The highest BCUT2D eigenvalue weighted by atomic mass is 16.5. The summed E-state index contributed by atoms with van der Waals surface area (Å²) >= 11 is 0. The maximum Gasteiger partial charge on any atom is 0.304 e. The van der Waals surface area contributed by atoms with Crippen molar-refractivity contribution in [1.29, 1.82) is 0 Å². The van der Waals surface area contributed by atoms with Crippen LogP contribution >= 0.6 is 0 Å². The third kappa shape index (κ3) is 5.81. The van der Waals surface area contributed by atoms with E-state index in [1.807, 2.05) is 29.2 Å². The van der Waals surface area contributed by atoms with Crippen molar-refractivity contribution >= 4 is 23.4 Å². The lowest BCUT2D eigenvalue weighted by atomic mass is 9.93. The van der Waals surface area contributed by atoms with E-state index in [4.69, 9.17) is 9.72 Å². The van der Waals surface area contributed by atoms with Gasteiger partial charge in [0.25, 0.3) is 0 Å². The number of carboxylic acid groups (broad SMARTS) is 1. The fraction of sp³-hybridized carbons (Fsp3) is 0.536. The van der Waals surface area contributed by atoms with Crippen LogP contribution in [0.2, 0.25) is 0 Å². The molecular formula is C28H36N4O4. The van der Waals surface area contributed by atoms with Gasteiger partial charge in [-0.15, -0.1) is 0 Å². The molecule has 192 valence electrons. The Bertz CT molecular complexity index is 1080. The molecule has 8 nitrogen and oxygen atoms in total. The molecule has 3 aliphatic heterocycles. The SMILES string of the molecule is O=C(O)C[C@H](C(=O)N1CC[C@@H](CCc2ccc3c(n2)NCCC3)C1)c1cccc(N2CCOCC2)c1. The van der Waals surface area contributed by atoms with Gasteiger partial charge in [-0.05, 0) is 67.3 Å². The summed E-state index contributed by atoms with van der Waals surface area (Å²) in [5.74, 6) is -0.263. The van der Waals surface area contributed by atoms with E-state index in [0.29, 0.717) is 32.2 Å². The lowest BCUT2D eigenvalue weighted by molar-refractivity contribution is -0.141. The molecule has 2 aromatic rings. The lowest BCUT2D eigenvalue weighted by Gasteiger charge is -2.30. The molecule has 0 bridgehead atoms. The first-order valence-corrected chi connectivity index (χ1v) is 13.2. The molecule has 0 unspecified atom stereocenters. The van der Waals surface area contributed by atoms with Crippen LogP contribution < -0.4 is 10.2 Å². The molecule has 0 radical (unpaired) electrons. The van der Waals surface area contributed by atoms with E-state index in [9.17, 15) is 14.7 Å². The zero-order chi connectivity index (χ0) is 24.9. The van der Waals surface area contributed by atoms with Crippen LogP contribution in [0.15, 0.2) is 36.4 Å². The number of likely N-dealkylation sites (tertiary alicyclic amines) is 1. The monoisotopic (exact) mass is 492 g/mol. The minimum absolute atomic E-state index is 0.0740. The molecule has 1 aromatic heterocycles. The average molecular weight is 493 g/mol. The summed E-state index contributed by atoms with van der Waals surface area (Å²) in [6, 6.07) is 12.1. The number of aromatic nitrogens is 1. The van der Waals surface area contributed by atoms with Crippen molar-refractivity contribution < 1.29 is 19.4 Å². The number of aliphatic carboxylic acids is 1. The highest BCUT2D eigenvalue weighted by molar-refractivity contribution is 5.88. The number of ether oxygens (including phenoxy) is 1. The van der Waals surface area contributed by atoms with E-state index in [1.165, 1.54) is 5.56 Å². The number of nitrogens with one attached hydrogen (secondary N) is 1. The maximum absolute atomic E-state index is 13.6. The molecule has 36 heavy (non-hydrogen) atoms. The minimum Gasteiger partial charge on any atom is -0.481 e. The smallest absolute Gasteiger partial charge is 0.304 e. The Labute approximate surface area is 212 Å². The molecule has 0 saturated carbocycles.